The first-order valence-corrected chi connectivity index (χ1v) is 6.97. The fourth-order valence-corrected chi connectivity index (χ4v) is 2.72. The number of rotatable bonds is 7. The van der Waals surface area contributed by atoms with Crippen molar-refractivity contribution in [2.45, 2.75) is 58.8 Å². The van der Waals surface area contributed by atoms with Crippen LogP contribution in [0.1, 0.15) is 58.8 Å². The third-order valence-electron chi connectivity index (χ3n) is 4.04. The molecule has 94 valence electrons. The largest absolute Gasteiger partial charge is 0.345 e. The van der Waals surface area contributed by atoms with Crippen LogP contribution in [0.15, 0.2) is 0 Å². The van der Waals surface area contributed by atoms with Crippen LogP contribution in [0.25, 0.3) is 0 Å². The van der Waals surface area contributed by atoms with Gasteiger partial charge in [-0.15, -0.1) is 0 Å². The van der Waals surface area contributed by atoms with Crippen molar-refractivity contribution in [3.05, 3.63) is 0 Å². The first kappa shape index (κ1) is 13.5. The summed E-state index contributed by atoms with van der Waals surface area (Å²) < 4.78 is 0. The van der Waals surface area contributed by atoms with Crippen LogP contribution in [0.3, 0.4) is 0 Å². The fourth-order valence-electron chi connectivity index (χ4n) is 2.72. The van der Waals surface area contributed by atoms with Gasteiger partial charge in [-0.3, -0.25) is 4.79 Å². The Kier molecular flexibility index (Phi) is 6.51. The van der Waals surface area contributed by atoms with Crippen molar-refractivity contribution in [2.24, 2.45) is 11.8 Å². The lowest BCUT2D eigenvalue weighted by molar-refractivity contribution is -0.119. The number of hydrogen-bond donors (Lipinski definition) is 0. The van der Waals surface area contributed by atoms with Gasteiger partial charge in [-0.2, -0.15) is 0 Å². The lowest BCUT2D eigenvalue weighted by Gasteiger charge is -2.32. The minimum absolute atomic E-state index is 0.852. The molecule has 0 bridgehead atoms. The van der Waals surface area contributed by atoms with Crippen molar-refractivity contribution in [2.75, 3.05) is 13.1 Å². The van der Waals surface area contributed by atoms with E-state index in [1.165, 1.54) is 44.9 Å². The van der Waals surface area contributed by atoms with Crippen LogP contribution in [0.4, 0.5) is 0 Å². The molecule has 1 aliphatic heterocycles. The molecule has 1 unspecified atom stereocenters. The van der Waals surface area contributed by atoms with E-state index < -0.39 is 0 Å². The lowest BCUT2D eigenvalue weighted by atomic mass is 9.82. The summed E-state index contributed by atoms with van der Waals surface area (Å²) in [5, 5.41) is 0. The molecule has 0 aromatic carbocycles. The second-order valence-corrected chi connectivity index (χ2v) is 5.31. The number of nitrogens with zero attached hydrogens (tertiary/aromatic N) is 1. The Balaban J connectivity index is 2.12. The predicted molar refractivity (Wildman–Crippen MR) is 68.3 cm³/mol. The molecule has 1 aliphatic rings. The molecule has 0 aromatic heterocycles. The van der Waals surface area contributed by atoms with Crippen LogP contribution >= 0.6 is 0 Å². The van der Waals surface area contributed by atoms with Gasteiger partial charge in [0.2, 0.25) is 6.41 Å². The molecular weight excluding hydrogens is 198 g/mol. The molecular formula is C14H27NO. The van der Waals surface area contributed by atoms with Gasteiger partial charge < -0.3 is 4.90 Å². The summed E-state index contributed by atoms with van der Waals surface area (Å²) in [6, 6.07) is 0. The third-order valence-corrected chi connectivity index (χ3v) is 4.04. The molecule has 0 N–H and O–H groups in total. The average molecular weight is 225 g/mol. The van der Waals surface area contributed by atoms with E-state index in [1.54, 1.807) is 0 Å². The molecule has 1 heterocycles. The van der Waals surface area contributed by atoms with E-state index in [2.05, 4.69) is 13.8 Å². The van der Waals surface area contributed by atoms with Crippen LogP contribution in [-0.4, -0.2) is 24.4 Å². The highest BCUT2D eigenvalue weighted by Gasteiger charge is 2.22. The molecule has 1 fully saturated rings. The molecule has 0 aliphatic carbocycles. The Morgan fingerprint density at radius 2 is 1.94 bits per heavy atom. The molecule has 2 nitrogen and oxygen atoms in total. The molecule has 1 saturated heterocycles. The van der Waals surface area contributed by atoms with Crippen molar-refractivity contribution in [3.8, 4) is 0 Å². The Morgan fingerprint density at radius 3 is 2.50 bits per heavy atom. The SMILES string of the molecule is CCCCCCC(C)C1CCN(C=O)CC1. The Hall–Kier alpha value is -0.530. The van der Waals surface area contributed by atoms with Gasteiger partial charge in [0.15, 0.2) is 0 Å². The zero-order valence-corrected chi connectivity index (χ0v) is 11.0. The third kappa shape index (κ3) is 4.54. The number of carbonyl (C=O) groups is 1. The zero-order valence-electron chi connectivity index (χ0n) is 11.0. The van der Waals surface area contributed by atoms with Crippen molar-refractivity contribution >= 4 is 6.41 Å². The Morgan fingerprint density at radius 1 is 1.25 bits per heavy atom. The molecule has 16 heavy (non-hydrogen) atoms. The molecule has 0 aromatic rings. The highest BCUT2D eigenvalue weighted by molar-refractivity contribution is 5.47. The number of unbranched alkanes of at least 4 members (excludes halogenated alkanes) is 3. The van der Waals surface area contributed by atoms with Crippen LogP contribution < -0.4 is 0 Å². The monoisotopic (exact) mass is 225 g/mol. The molecule has 1 amide bonds. The summed E-state index contributed by atoms with van der Waals surface area (Å²) in [6.45, 7) is 6.62. The summed E-state index contributed by atoms with van der Waals surface area (Å²) in [5.74, 6) is 1.71. The second kappa shape index (κ2) is 7.70. The van der Waals surface area contributed by atoms with Gasteiger partial charge in [-0.05, 0) is 24.7 Å². The van der Waals surface area contributed by atoms with Gasteiger partial charge in [-0.25, -0.2) is 0 Å². The number of amides is 1. The van der Waals surface area contributed by atoms with Crippen LogP contribution in [-0.2, 0) is 4.79 Å². The maximum absolute atomic E-state index is 10.6. The van der Waals surface area contributed by atoms with E-state index in [-0.39, 0.29) is 0 Å². The standard InChI is InChI=1S/C14H27NO/c1-3-4-5-6-7-13(2)14-8-10-15(12-16)11-9-14/h12-14H,3-11H2,1-2H3. The smallest absolute Gasteiger partial charge is 0.209 e. The van der Waals surface area contributed by atoms with Gasteiger partial charge in [0.1, 0.15) is 0 Å². The summed E-state index contributed by atoms with van der Waals surface area (Å²) in [6.07, 6.45) is 10.3. The number of hydrogen-bond acceptors (Lipinski definition) is 1. The number of likely N-dealkylation sites (tertiary alicyclic amines) is 1. The van der Waals surface area contributed by atoms with Crippen molar-refractivity contribution in [3.63, 3.8) is 0 Å². The molecule has 1 rings (SSSR count). The normalized spacial score (nSPS) is 19.8. The minimum Gasteiger partial charge on any atom is -0.345 e. The van der Waals surface area contributed by atoms with E-state index in [4.69, 9.17) is 0 Å². The van der Waals surface area contributed by atoms with E-state index in [0.29, 0.717) is 0 Å². The predicted octanol–water partition coefficient (Wildman–Crippen LogP) is 3.46. The van der Waals surface area contributed by atoms with Crippen LogP contribution in [0.2, 0.25) is 0 Å². The van der Waals surface area contributed by atoms with Crippen LogP contribution in [0, 0.1) is 11.8 Å². The summed E-state index contributed by atoms with van der Waals surface area (Å²) >= 11 is 0. The summed E-state index contributed by atoms with van der Waals surface area (Å²) in [5.41, 5.74) is 0. The molecule has 0 saturated carbocycles. The van der Waals surface area contributed by atoms with Gasteiger partial charge in [0.05, 0.1) is 0 Å². The van der Waals surface area contributed by atoms with E-state index in [9.17, 15) is 4.79 Å². The van der Waals surface area contributed by atoms with E-state index in [0.717, 1.165) is 31.3 Å². The summed E-state index contributed by atoms with van der Waals surface area (Å²) in [4.78, 5) is 12.5. The molecule has 0 radical (unpaired) electrons. The highest BCUT2D eigenvalue weighted by Crippen LogP contribution is 2.28. The topological polar surface area (TPSA) is 20.3 Å². The van der Waals surface area contributed by atoms with Gasteiger partial charge in [0.25, 0.3) is 0 Å². The van der Waals surface area contributed by atoms with Crippen molar-refractivity contribution in [1.82, 2.24) is 4.90 Å². The van der Waals surface area contributed by atoms with E-state index >= 15 is 0 Å². The van der Waals surface area contributed by atoms with E-state index in [1.807, 2.05) is 4.90 Å². The maximum atomic E-state index is 10.6. The minimum atomic E-state index is 0.852. The first-order valence-electron chi connectivity index (χ1n) is 6.97. The fraction of sp³-hybridized carbons (Fsp3) is 0.929. The average Bonchev–Trinajstić information content (AvgIpc) is 2.34. The van der Waals surface area contributed by atoms with Gasteiger partial charge >= 0.3 is 0 Å². The molecule has 1 atom stereocenters. The van der Waals surface area contributed by atoms with Crippen LogP contribution in [0.5, 0.6) is 0 Å². The quantitative estimate of drug-likeness (QED) is 0.480. The lowest BCUT2D eigenvalue weighted by Crippen LogP contribution is -2.34. The Labute approximate surface area is 100 Å². The zero-order chi connectivity index (χ0) is 11.8. The van der Waals surface area contributed by atoms with Crippen molar-refractivity contribution in [1.29, 1.82) is 0 Å². The number of piperidine rings is 1. The molecule has 0 spiro atoms. The highest BCUT2D eigenvalue weighted by atomic mass is 16.1. The Bertz CT molecular complexity index is 185. The summed E-state index contributed by atoms with van der Waals surface area (Å²) in [7, 11) is 0. The maximum Gasteiger partial charge on any atom is 0.209 e. The number of carbonyl (C=O) groups excluding carboxylic acids is 1. The first-order chi connectivity index (χ1) is 7.77. The van der Waals surface area contributed by atoms with Gasteiger partial charge in [-0.1, -0.05) is 46.0 Å². The van der Waals surface area contributed by atoms with Gasteiger partial charge in [0, 0.05) is 13.1 Å². The second-order valence-electron chi connectivity index (χ2n) is 5.31. The molecule has 2 heteroatoms. The van der Waals surface area contributed by atoms with Crippen molar-refractivity contribution < 1.29 is 4.79 Å².